The summed E-state index contributed by atoms with van der Waals surface area (Å²) in [4.78, 5) is 37.1. The third-order valence-electron chi connectivity index (χ3n) is 15.1. The molecular weight excluding hydrogens is 951 g/mol. The molecule has 0 fully saturated rings. The molecule has 0 aliphatic heterocycles. The zero-order chi connectivity index (χ0) is 57.1. The molecule has 4 atom stereocenters. The van der Waals surface area contributed by atoms with E-state index in [2.05, 4.69) is 60.3 Å². The molecule has 0 rings (SSSR count). The van der Waals surface area contributed by atoms with Crippen molar-refractivity contribution in [3.8, 4) is 0 Å². The predicted octanol–water partition coefficient (Wildman–Crippen LogP) is 17.8. The third-order valence-corrected chi connectivity index (χ3v) is 15.1. The zero-order valence-corrected chi connectivity index (χ0v) is 52.7. The van der Waals surface area contributed by atoms with Gasteiger partial charge < -0.3 is 34.0 Å². The number of ether oxygens (including phenoxy) is 4. The average molecular weight is 1080 g/mol. The Hall–Kier alpha value is -1.43. The van der Waals surface area contributed by atoms with E-state index in [1.807, 2.05) is 13.8 Å². The standard InChI is InChI=1S/C49H99NO7.C12H22O2.C5H12/c1-6-11-15-19-22-24-28-33-46(32-27-23-18-14-9-4)47(52)42-50(36-31-38-51)37-41-54-43-45(10-5)44-57-48(53)34-35-49(55-39-29-25-20-16-12-7-2)56-40-30-26-21-17-13-8-3;1-4-10(2)12(14)9-7-5-6-8-11(3)13;1-4-5(2)3/h45-47,49,51-52H,6-44H2,1-5H3;10H,4-9H2,1-3H3;5H,4H2,1-3H3. The van der Waals surface area contributed by atoms with Crippen LogP contribution in [-0.4, -0.2) is 104 Å². The summed E-state index contributed by atoms with van der Waals surface area (Å²) in [6, 6.07) is 0. The van der Waals surface area contributed by atoms with Gasteiger partial charge >= 0.3 is 5.97 Å². The van der Waals surface area contributed by atoms with Crippen molar-refractivity contribution in [2.75, 3.05) is 59.3 Å². The van der Waals surface area contributed by atoms with Crippen molar-refractivity contribution in [2.24, 2.45) is 23.7 Å². The van der Waals surface area contributed by atoms with Gasteiger partial charge in [-0.15, -0.1) is 0 Å². The SMILES string of the molecule is CCC(C)C.CCC(C)C(=O)CCCCCC(C)=O.CCCCCCCCCC(CCCCCCC)C(O)CN(CCCO)CCOCC(CC)COC(=O)CCC(OCCCCCCCC)OCCCCCCCC. The van der Waals surface area contributed by atoms with Crippen LogP contribution in [0.1, 0.15) is 314 Å². The number of hydrogen-bond acceptors (Lipinski definition) is 10. The highest BCUT2D eigenvalue weighted by Crippen LogP contribution is 2.24. The van der Waals surface area contributed by atoms with Gasteiger partial charge in [0.15, 0.2) is 6.29 Å². The van der Waals surface area contributed by atoms with Crippen LogP contribution in [0.5, 0.6) is 0 Å². The third kappa shape index (κ3) is 58.7. The van der Waals surface area contributed by atoms with Crippen LogP contribution in [0, 0.1) is 23.7 Å². The number of carbonyl (C=O) groups is 3. The maximum atomic E-state index is 12.8. The van der Waals surface area contributed by atoms with Gasteiger partial charge in [-0.05, 0) is 76.5 Å². The number of aliphatic hydroxyl groups is 2. The Morgan fingerprint density at radius 1 is 0.487 bits per heavy atom. The summed E-state index contributed by atoms with van der Waals surface area (Å²) in [7, 11) is 0. The predicted molar refractivity (Wildman–Crippen MR) is 324 cm³/mol. The van der Waals surface area contributed by atoms with Gasteiger partial charge in [0.1, 0.15) is 11.6 Å². The van der Waals surface area contributed by atoms with E-state index in [1.54, 1.807) is 6.92 Å². The van der Waals surface area contributed by atoms with Crippen molar-refractivity contribution >= 4 is 17.5 Å². The maximum absolute atomic E-state index is 12.8. The molecule has 0 saturated heterocycles. The molecule has 0 bridgehead atoms. The molecule has 0 amide bonds. The molecule has 4 unspecified atom stereocenters. The minimum atomic E-state index is -0.362. The first-order chi connectivity index (χ1) is 36.8. The van der Waals surface area contributed by atoms with E-state index in [4.69, 9.17) is 18.9 Å². The molecule has 0 radical (unpaired) electrons. The number of Topliss-reactive ketones (excluding diaryl/α,β-unsaturated/α-hetero) is 2. The van der Waals surface area contributed by atoms with Crippen molar-refractivity contribution in [1.82, 2.24) is 4.90 Å². The number of ketones is 2. The largest absolute Gasteiger partial charge is 0.465 e. The summed E-state index contributed by atoms with van der Waals surface area (Å²) in [5.74, 6) is 1.97. The molecule has 0 aliphatic carbocycles. The maximum Gasteiger partial charge on any atom is 0.305 e. The number of nitrogens with zero attached hydrogens (tertiary/aromatic N) is 1. The summed E-state index contributed by atoms with van der Waals surface area (Å²) in [6.45, 7) is 28.4. The second-order valence-electron chi connectivity index (χ2n) is 22.9. The molecule has 10 nitrogen and oxygen atoms in total. The van der Waals surface area contributed by atoms with Crippen molar-refractivity contribution in [3.63, 3.8) is 0 Å². The monoisotopic (exact) mass is 1080 g/mol. The van der Waals surface area contributed by atoms with Crippen LogP contribution in [0.4, 0.5) is 0 Å². The molecule has 2 N–H and O–H groups in total. The van der Waals surface area contributed by atoms with Gasteiger partial charge in [-0.2, -0.15) is 0 Å². The normalized spacial score (nSPS) is 13.1. The first kappa shape index (κ1) is 78.8. The Morgan fingerprint density at radius 2 is 0.947 bits per heavy atom. The molecular formula is C66H133NO9. The van der Waals surface area contributed by atoms with E-state index in [0.717, 1.165) is 70.3 Å². The van der Waals surface area contributed by atoms with Crippen LogP contribution >= 0.6 is 0 Å². The van der Waals surface area contributed by atoms with Gasteiger partial charge in [-0.25, -0.2) is 0 Å². The number of rotatable bonds is 56. The molecule has 0 aliphatic rings. The quantitative estimate of drug-likeness (QED) is 0.0345. The Morgan fingerprint density at radius 3 is 1.39 bits per heavy atom. The number of carbonyl (C=O) groups excluding carboxylic acids is 3. The van der Waals surface area contributed by atoms with E-state index in [9.17, 15) is 24.6 Å². The Labute approximate surface area is 473 Å². The van der Waals surface area contributed by atoms with Crippen LogP contribution in [0.25, 0.3) is 0 Å². The molecule has 0 aromatic rings. The van der Waals surface area contributed by atoms with Crippen molar-refractivity contribution in [1.29, 1.82) is 0 Å². The van der Waals surface area contributed by atoms with Gasteiger partial charge in [-0.3, -0.25) is 14.5 Å². The topological polar surface area (TPSA) is 132 Å². The van der Waals surface area contributed by atoms with E-state index in [1.165, 1.54) is 148 Å². The number of esters is 1. The van der Waals surface area contributed by atoms with Crippen molar-refractivity contribution < 1.29 is 43.5 Å². The Balaban J connectivity index is -0.00000235. The molecule has 0 aromatic heterocycles. The minimum absolute atomic E-state index is 0.133. The first-order valence-corrected chi connectivity index (χ1v) is 32.8. The molecule has 456 valence electrons. The highest BCUT2D eigenvalue weighted by atomic mass is 16.7. The van der Waals surface area contributed by atoms with Gasteiger partial charge in [0.05, 0.1) is 32.3 Å². The average Bonchev–Trinajstić information content (AvgIpc) is 3.41. The summed E-state index contributed by atoms with van der Waals surface area (Å²) in [5.41, 5.74) is 0. The fourth-order valence-electron chi connectivity index (χ4n) is 8.88. The van der Waals surface area contributed by atoms with E-state index >= 15 is 0 Å². The number of unbranched alkanes of at least 4 members (excludes halogenated alkanes) is 22. The lowest BCUT2D eigenvalue weighted by atomic mass is 9.89. The van der Waals surface area contributed by atoms with E-state index in [-0.39, 0.29) is 49.0 Å². The van der Waals surface area contributed by atoms with Gasteiger partial charge in [-0.1, -0.05) is 223 Å². The summed E-state index contributed by atoms with van der Waals surface area (Å²) >= 11 is 0. The highest BCUT2D eigenvalue weighted by molar-refractivity contribution is 5.80. The summed E-state index contributed by atoms with van der Waals surface area (Å²) in [5, 5.41) is 21.1. The van der Waals surface area contributed by atoms with Crippen LogP contribution in [-0.2, 0) is 33.3 Å². The lowest BCUT2D eigenvalue weighted by Gasteiger charge is -2.30. The Kier molecular flexibility index (Phi) is 65.1. The van der Waals surface area contributed by atoms with Gasteiger partial charge in [0.2, 0.25) is 0 Å². The highest BCUT2D eigenvalue weighted by Gasteiger charge is 2.22. The minimum Gasteiger partial charge on any atom is -0.465 e. The van der Waals surface area contributed by atoms with E-state index < -0.39 is 0 Å². The first-order valence-electron chi connectivity index (χ1n) is 32.8. The van der Waals surface area contributed by atoms with Gasteiger partial charge in [0, 0.05) is 70.6 Å². The smallest absolute Gasteiger partial charge is 0.305 e. The summed E-state index contributed by atoms with van der Waals surface area (Å²) < 4.78 is 24.1. The van der Waals surface area contributed by atoms with Crippen molar-refractivity contribution in [3.05, 3.63) is 0 Å². The summed E-state index contributed by atoms with van der Waals surface area (Å²) in [6.07, 6.45) is 40.3. The van der Waals surface area contributed by atoms with Crippen molar-refractivity contribution in [2.45, 2.75) is 326 Å². The van der Waals surface area contributed by atoms with Crippen LogP contribution in [0.15, 0.2) is 0 Å². The van der Waals surface area contributed by atoms with E-state index in [0.29, 0.717) is 83.5 Å². The lowest BCUT2D eigenvalue weighted by molar-refractivity contribution is -0.160. The molecule has 0 spiro atoms. The molecule has 10 heteroatoms. The number of hydrogen-bond donors (Lipinski definition) is 2. The van der Waals surface area contributed by atoms with Crippen LogP contribution in [0.2, 0.25) is 0 Å². The molecule has 0 saturated carbocycles. The van der Waals surface area contributed by atoms with Crippen LogP contribution < -0.4 is 0 Å². The Bertz CT molecular complexity index is 1170. The molecule has 0 aromatic carbocycles. The second kappa shape index (κ2) is 62.8. The lowest BCUT2D eigenvalue weighted by Crippen LogP contribution is -2.39. The zero-order valence-electron chi connectivity index (χ0n) is 52.7. The second-order valence-corrected chi connectivity index (χ2v) is 22.9. The van der Waals surface area contributed by atoms with Crippen LogP contribution in [0.3, 0.4) is 0 Å². The molecule has 76 heavy (non-hydrogen) atoms. The van der Waals surface area contributed by atoms with Gasteiger partial charge in [0.25, 0.3) is 0 Å². The fraction of sp³-hybridized carbons (Fsp3) is 0.955. The molecule has 0 heterocycles. The number of aliphatic hydroxyl groups excluding tert-OH is 2. The fourth-order valence-corrected chi connectivity index (χ4v) is 8.88.